The van der Waals surface area contributed by atoms with Crippen LogP contribution < -0.4 is 15.2 Å². The molecule has 0 spiro atoms. The molecule has 1 saturated heterocycles. The first-order valence-electron chi connectivity index (χ1n) is 6.98. The number of nitrogens with two attached hydrogens (primary N) is 1. The summed E-state index contributed by atoms with van der Waals surface area (Å²) in [6.45, 7) is 2.45. The highest BCUT2D eigenvalue weighted by Gasteiger charge is 2.25. The number of rotatable bonds is 7. The maximum Gasteiger partial charge on any atom is 0.218 e. The zero-order valence-corrected chi connectivity index (χ0v) is 11.9. The maximum atomic E-state index is 11.0. The molecule has 0 radical (unpaired) electrons. The van der Waals surface area contributed by atoms with E-state index < -0.39 is 0 Å². The molecule has 1 aromatic rings. The van der Waals surface area contributed by atoms with Crippen LogP contribution in [0.3, 0.4) is 0 Å². The molecule has 5 nitrogen and oxygen atoms in total. The van der Waals surface area contributed by atoms with Gasteiger partial charge in [-0.2, -0.15) is 0 Å². The Labute approximate surface area is 119 Å². The Kier molecular flexibility index (Phi) is 5.24. The molecule has 0 aliphatic carbocycles. The van der Waals surface area contributed by atoms with Gasteiger partial charge >= 0.3 is 0 Å². The number of likely N-dealkylation sites (tertiary alicyclic amines) is 1. The summed E-state index contributed by atoms with van der Waals surface area (Å²) in [5, 5.41) is 0. The highest BCUT2D eigenvalue weighted by atomic mass is 16.5. The van der Waals surface area contributed by atoms with Crippen LogP contribution in [0.5, 0.6) is 11.5 Å². The lowest BCUT2D eigenvalue weighted by molar-refractivity contribution is -0.119. The van der Waals surface area contributed by atoms with Crippen LogP contribution in [0, 0.1) is 0 Å². The van der Waals surface area contributed by atoms with Crippen LogP contribution in [-0.2, 0) is 4.79 Å². The van der Waals surface area contributed by atoms with Crippen molar-refractivity contribution < 1.29 is 14.3 Å². The smallest absolute Gasteiger partial charge is 0.218 e. The predicted molar refractivity (Wildman–Crippen MR) is 76.9 cm³/mol. The fourth-order valence-corrected chi connectivity index (χ4v) is 2.61. The monoisotopic (exact) mass is 278 g/mol. The van der Waals surface area contributed by atoms with E-state index >= 15 is 0 Å². The van der Waals surface area contributed by atoms with Crippen molar-refractivity contribution in [3.8, 4) is 11.5 Å². The van der Waals surface area contributed by atoms with Crippen molar-refractivity contribution in [3.05, 3.63) is 24.3 Å². The Morgan fingerprint density at radius 2 is 2.05 bits per heavy atom. The lowest BCUT2D eigenvalue weighted by Gasteiger charge is -2.23. The van der Waals surface area contributed by atoms with E-state index in [-0.39, 0.29) is 11.9 Å². The number of hydrogen-bond acceptors (Lipinski definition) is 4. The molecule has 1 fully saturated rings. The summed E-state index contributed by atoms with van der Waals surface area (Å²) in [6.07, 6.45) is 2.62. The number of carbonyl (C=O) groups excluding carboxylic acids is 1. The SMILES string of the molecule is COc1ccc(OCCN2CCCC2CC(N)=O)cc1. The van der Waals surface area contributed by atoms with Gasteiger partial charge in [-0.25, -0.2) is 0 Å². The first-order chi connectivity index (χ1) is 9.69. The molecule has 5 heteroatoms. The highest BCUT2D eigenvalue weighted by Crippen LogP contribution is 2.20. The Balaban J connectivity index is 1.75. The largest absolute Gasteiger partial charge is 0.497 e. The Bertz CT molecular complexity index is 433. The molecule has 0 aromatic heterocycles. The number of amides is 1. The Hall–Kier alpha value is -1.75. The van der Waals surface area contributed by atoms with Gasteiger partial charge in [0.15, 0.2) is 0 Å². The van der Waals surface area contributed by atoms with E-state index in [2.05, 4.69) is 4.90 Å². The van der Waals surface area contributed by atoms with Crippen LogP contribution in [-0.4, -0.2) is 43.7 Å². The average molecular weight is 278 g/mol. The minimum absolute atomic E-state index is 0.224. The Morgan fingerprint density at radius 3 is 2.70 bits per heavy atom. The molecule has 2 N–H and O–H groups in total. The van der Waals surface area contributed by atoms with Gasteiger partial charge in [0.05, 0.1) is 7.11 Å². The van der Waals surface area contributed by atoms with E-state index in [0.29, 0.717) is 13.0 Å². The van der Waals surface area contributed by atoms with E-state index in [1.54, 1.807) is 7.11 Å². The van der Waals surface area contributed by atoms with Crippen molar-refractivity contribution in [3.63, 3.8) is 0 Å². The van der Waals surface area contributed by atoms with Crippen molar-refractivity contribution in [1.29, 1.82) is 0 Å². The molecule has 1 heterocycles. The Morgan fingerprint density at radius 1 is 1.35 bits per heavy atom. The normalized spacial score (nSPS) is 18.9. The van der Waals surface area contributed by atoms with Crippen molar-refractivity contribution in [2.75, 3.05) is 26.8 Å². The van der Waals surface area contributed by atoms with Crippen LogP contribution >= 0.6 is 0 Å². The third-order valence-corrected chi connectivity index (χ3v) is 3.64. The summed E-state index contributed by atoms with van der Waals surface area (Å²) in [7, 11) is 1.64. The molecule has 1 aliphatic rings. The number of carbonyl (C=O) groups is 1. The summed E-state index contributed by atoms with van der Waals surface area (Å²) >= 11 is 0. The van der Waals surface area contributed by atoms with Gasteiger partial charge in [0, 0.05) is 19.0 Å². The van der Waals surface area contributed by atoms with Gasteiger partial charge in [-0.15, -0.1) is 0 Å². The molecule has 0 bridgehead atoms. The van der Waals surface area contributed by atoms with Crippen LogP contribution in [0.4, 0.5) is 0 Å². The molecule has 1 aromatic carbocycles. The molecule has 20 heavy (non-hydrogen) atoms. The molecule has 1 aliphatic heterocycles. The summed E-state index contributed by atoms with van der Waals surface area (Å²) in [4.78, 5) is 13.3. The first-order valence-corrected chi connectivity index (χ1v) is 6.98. The third kappa shape index (κ3) is 4.13. The van der Waals surface area contributed by atoms with Gasteiger partial charge in [0.1, 0.15) is 18.1 Å². The van der Waals surface area contributed by atoms with Gasteiger partial charge in [-0.05, 0) is 43.7 Å². The second-order valence-corrected chi connectivity index (χ2v) is 5.03. The van der Waals surface area contributed by atoms with E-state index in [1.165, 1.54) is 0 Å². The lowest BCUT2D eigenvalue weighted by Crippen LogP contribution is -2.36. The number of hydrogen-bond donors (Lipinski definition) is 1. The second kappa shape index (κ2) is 7.14. The number of benzene rings is 1. The van der Waals surface area contributed by atoms with Crippen LogP contribution in [0.15, 0.2) is 24.3 Å². The molecule has 1 atom stereocenters. The second-order valence-electron chi connectivity index (χ2n) is 5.03. The van der Waals surface area contributed by atoms with Crippen LogP contribution in [0.1, 0.15) is 19.3 Å². The highest BCUT2D eigenvalue weighted by molar-refractivity contribution is 5.74. The zero-order valence-electron chi connectivity index (χ0n) is 11.9. The molecule has 1 amide bonds. The van der Waals surface area contributed by atoms with Crippen molar-refractivity contribution in [2.24, 2.45) is 5.73 Å². The third-order valence-electron chi connectivity index (χ3n) is 3.64. The van der Waals surface area contributed by atoms with Crippen LogP contribution in [0.25, 0.3) is 0 Å². The van der Waals surface area contributed by atoms with E-state index in [9.17, 15) is 4.79 Å². The number of primary amides is 1. The minimum atomic E-state index is -0.224. The fraction of sp³-hybridized carbons (Fsp3) is 0.533. The van der Waals surface area contributed by atoms with Crippen LogP contribution in [0.2, 0.25) is 0 Å². The average Bonchev–Trinajstić information content (AvgIpc) is 2.86. The minimum Gasteiger partial charge on any atom is -0.497 e. The van der Waals surface area contributed by atoms with Gasteiger partial charge in [-0.1, -0.05) is 0 Å². The lowest BCUT2D eigenvalue weighted by atomic mass is 10.1. The van der Waals surface area contributed by atoms with Gasteiger partial charge < -0.3 is 15.2 Å². The molecule has 2 rings (SSSR count). The number of methoxy groups -OCH3 is 1. The molecular formula is C15H22N2O3. The van der Waals surface area contributed by atoms with Crippen molar-refractivity contribution >= 4 is 5.91 Å². The summed E-state index contributed by atoms with van der Waals surface area (Å²) in [6, 6.07) is 7.82. The molecule has 0 saturated carbocycles. The number of ether oxygens (including phenoxy) is 2. The van der Waals surface area contributed by atoms with E-state index in [1.807, 2.05) is 24.3 Å². The number of nitrogens with zero attached hydrogens (tertiary/aromatic N) is 1. The predicted octanol–water partition coefficient (Wildman–Crippen LogP) is 1.41. The summed E-state index contributed by atoms with van der Waals surface area (Å²) in [5.74, 6) is 1.42. The topological polar surface area (TPSA) is 64.8 Å². The van der Waals surface area contributed by atoms with Crippen molar-refractivity contribution in [1.82, 2.24) is 4.90 Å². The van der Waals surface area contributed by atoms with Gasteiger partial charge in [-0.3, -0.25) is 9.69 Å². The maximum absolute atomic E-state index is 11.0. The standard InChI is InChI=1S/C15H22N2O3/c1-19-13-4-6-14(7-5-13)20-10-9-17-8-2-3-12(17)11-15(16)18/h4-7,12H,2-3,8-11H2,1H3,(H2,16,18). The van der Waals surface area contributed by atoms with E-state index in [4.69, 9.17) is 15.2 Å². The van der Waals surface area contributed by atoms with E-state index in [0.717, 1.165) is 37.4 Å². The molecule has 1 unspecified atom stereocenters. The fourth-order valence-electron chi connectivity index (χ4n) is 2.61. The zero-order chi connectivity index (χ0) is 14.4. The quantitative estimate of drug-likeness (QED) is 0.819. The van der Waals surface area contributed by atoms with Gasteiger partial charge in [0.25, 0.3) is 0 Å². The first kappa shape index (κ1) is 14.7. The van der Waals surface area contributed by atoms with Gasteiger partial charge in [0.2, 0.25) is 5.91 Å². The summed E-state index contributed by atoms with van der Waals surface area (Å²) in [5.41, 5.74) is 5.27. The summed E-state index contributed by atoms with van der Waals surface area (Å²) < 4.78 is 10.8. The molecular weight excluding hydrogens is 256 g/mol. The van der Waals surface area contributed by atoms with Crippen molar-refractivity contribution in [2.45, 2.75) is 25.3 Å². The molecule has 110 valence electrons.